The van der Waals surface area contributed by atoms with E-state index >= 15 is 0 Å². The molecule has 1 radical (unpaired) electrons. The molecule has 0 atom stereocenters. The summed E-state index contributed by atoms with van der Waals surface area (Å²) in [6.45, 7) is 1.93. The predicted octanol–water partition coefficient (Wildman–Crippen LogP) is 2.08. The molecular weight excluding hydrogens is 226 g/mol. The fourth-order valence-electron chi connectivity index (χ4n) is 1.91. The molecule has 18 heavy (non-hydrogen) atoms. The van der Waals surface area contributed by atoms with Crippen LogP contribution < -0.4 is 5.32 Å². The van der Waals surface area contributed by atoms with Gasteiger partial charge >= 0.3 is 0 Å². The number of carbonyl (C=O) groups is 1. The van der Waals surface area contributed by atoms with Crippen LogP contribution in [0.25, 0.3) is 11.1 Å². The summed E-state index contributed by atoms with van der Waals surface area (Å²) in [6, 6.07) is 8.86. The van der Waals surface area contributed by atoms with Gasteiger partial charge in [0.05, 0.1) is 5.69 Å². The van der Waals surface area contributed by atoms with Gasteiger partial charge in [0.25, 0.3) is 5.91 Å². The van der Waals surface area contributed by atoms with Crippen molar-refractivity contribution < 1.29 is 4.79 Å². The maximum atomic E-state index is 11.9. The Balaban J connectivity index is 1.88. The predicted molar refractivity (Wildman–Crippen MR) is 68.1 cm³/mol. The van der Waals surface area contributed by atoms with Crippen LogP contribution in [0.3, 0.4) is 0 Å². The number of aryl methyl sites for hydroxylation is 1. The third-order valence-electron chi connectivity index (χ3n) is 3.11. The van der Waals surface area contributed by atoms with E-state index in [0.29, 0.717) is 11.6 Å². The third kappa shape index (κ3) is 2.14. The second-order valence-corrected chi connectivity index (χ2v) is 4.64. The molecule has 3 rings (SSSR count). The topological polar surface area (TPSA) is 57.8 Å². The van der Waals surface area contributed by atoms with Gasteiger partial charge in [0, 0.05) is 23.4 Å². The van der Waals surface area contributed by atoms with Crippen LogP contribution in [0.4, 0.5) is 0 Å². The van der Waals surface area contributed by atoms with Gasteiger partial charge in [-0.25, -0.2) is 0 Å². The van der Waals surface area contributed by atoms with Gasteiger partial charge in [0.2, 0.25) is 0 Å². The van der Waals surface area contributed by atoms with Crippen molar-refractivity contribution in [3.05, 3.63) is 41.7 Å². The van der Waals surface area contributed by atoms with Crippen molar-refractivity contribution in [1.82, 2.24) is 15.5 Å². The monoisotopic (exact) mass is 240 g/mol. The average molecular weight is 240 g/mol. The van der Waals surface area contributed by atoms with Gasteiger partial charge in [-0.2, -0.15) is 5.10 Å². The number of H-pyrrole nitrogens is 1. The van der Waals surface area contributed by atoms with Crippen LogP contribution >= 0.6 is 0 Å². The molecule has 91 valence electrons. The Morgan fingerprint density at radius 2 is 2.33 bits per heavy atom. The summed E-state index contributed by atoms with van der Waals surface area (Å²) in [6.07, 6.45) is 4.02. The number of amides is 1. The molecule has 4 heteroatoms. The SMILES string of the molecule is Cc1n[nH]cc1-c1c[c]cc(C(=O)NC2CC2)c1. The van der Waals surface area contributed by atoms with E-state index in [1.807, 2.05) is 25.3 Å². The number of nitrogens with one attached hydrogen (secondary N) is 2. The Morgan fingerprint density at radius 3 is 3.00 bits per heavy atom. The van der Waals surface area contributed by atoms with Gasteiger partial charge in [-0.15, -0.1) is 0 Å². The second-order valence-electron chi connectivity index (χ2n) is 4.64. The minimum atomic E-state index is -0.0169. The van der Waals surface area contributed by atoms with Crippen LogP contribution in [-0.4, -0.2) is 22.1 Å². The molecule has 4 nitrogen and oxygen atoms in total. The van der Waals surface area contributed by atoms with Crippen molar-refractivity contribution in [3.63, 3.8) is 0 Å². The molecular formula is C14H14N3O. The lowest BCUT2D eigenvalue weighted by Gasteiger charge is -2.05. The van der Waals surface area contributed by atoms with E-state index in [0.717, 1.165) is 29.7 Å². The lowest BCUT2D eigenvalue weighted by Crippen LogP contribution is -2.25. The Bertz CT molecular complexity index is 584. The largest absolute Gasteiger partial charge is 0.349 e. The van der Waals surface area contributed by atoms with Crippen LogP contribution in [0.2, 0.25) is 0 Å². The summed E-state index contributed by atoms with van der Waals surface area (Å²) in [5, 5.41) is 9.88. The highest BCUT2D eigenvalue weighted by atomic mass is 16.1. The second kappa shape index (κ2) is 4.29. The molecule has 1 aromatic heterocycles. The van der Waals surface area contributed by atoms with Crippen LogP contribution in [0.1, 0.15) is 28.9 Å². The summed E-state index contributed by atoms with van der Waals surface area (Å²) in [5.41, 5.74) is 3.54. The van der Waals surface area contributed by atoms with Crippen LogP contribution in [0.15, 0.2) is 24.4 Å². The minimum Gasteiger partial charge on any atom is -0.349 e. The number of carbonyl (C=O) groups excluding carboxylic acids is 1. The summed E-state index contributed by atoms with van der Waals surface area (Å²) in [7, 11) is 0. The van der Waals surface area contributed by atoms with E-state index in [1.54, 1.807) is 6.07 Å². The molecule has 0 saturated heterocycles. The first-order chi connectivity index (χ1) is 8.74. The fourth-order valence-corrected chi connectivity index (χ4v) is 1.91. The lowest BCUT2D eigenvalue weighted by molar-refractivity contribution is 0.0951. The highest BCUT2D eigenvalue weighted by Gasteiger charge is 2.23. The van der Waals surface area contributed by atoms with E-state index in [2.05, 4.69) is 21.6 Å². The maximum absolute atomic E-state index is 11.9. The van der Waals surface area contributed by atoms with Gasteiger partial charge in [-0.3, -0.25) is 9.89 Å². The molecule has 0 bridgehead atoms. The molecule has 1 fully saturated rings. The molecule has 1 saturated carbocycles. The van der Waals surface area contributed by atoms with Crippen LogP contribution in [0, 0.1) is 13.0 Å². The number of hydrogen-bond acceptors (Lipinski definition) is 2. The van der Waals surface area contributed by atoms with Crippen molar-refractivity contribution in [2.75, 3.05) is 0 Å². The number of rotatable bonds is 3. The Kier molecular flexibility index (Phi) is 2.63. The number of benzene rings is 1. The summed E-state index contributed by atoms with van der Waals surface area (Å²) in [5.74, 6) is -0.0169. The highest BCUT2D eigenvalue weighted by Crippen LogP contribution is 2.23. The molecule has 1 aromatic carbocycles. The van der Waals surface area contributed by atoms with E-state index in [1.165, 1.54) is 0 Å². The van der Waals surface area contributed by atoms with Crippen LogP contribution in [-0.2, 0) is 0 Å². The Morgan fingerprint density at radius 1 is 1.50 bits per heavy atom. The van der Waals surface area contributed by atoms with Gasteiger partial charge in [-0.05, 0) is 49.6 Å². The quantitative estimate of drug-likeness (QED) is 0.863. The average Bonchev–Trinajstić information content (AvgIpc) is 3.09. The maximum Gasteiger partial charge on any atom is 0.251 e. The zero-order valence-electron chi connectivity index (χ0n) is 10.2. The normalized spacial score (nSPS) is 14.5. The van der Waals surface area contributed by atoms with E-state index in [9.17, 15) is 4.79 Å². The van der Waals surface area contributed by atoms with Crippen molar-refractivity contribution in [1.29, 1.82) is 0 Å². The van der Waals surface area contributed by atoms with Gasteiger partial charge < -0.3 is 5.32 Å². The first kappa shape index (κ1) is 11.0. The highest BCUT2D eigenvalue weighted by molar-refractivity contribution is 5.95. The van der Waals surface area contributed by atoms with Crippen LogP contribution in [0.5, 0.6) is 0 Å². The van der Waals surface area contributed by atoms with E-state index < -0.39 is 0 Å². The standard InChI is InChI=1S/C14H14N3O/c1-9-13(8-15-17-9)10-3-2-4-11(7-10)14(18)16-12-5-6-12/h3-4,7-8,12H,5-6H2,1H3,(H,15,17)(H,16,18). The number of nitrogens with zero attached hydrogens (tertiary/aromatic N) is 1. The molecule has 0 spiro atoms. The third-order valence-corrected chi connectivity index (χ3v) is 3.11. The first-order valence-electron chi connectivity index (χ1n) is 6.07. The van der Waals surface area contributed by atoms with Crippen molar-refractivity contribution >= 4 is 5.91 Å². The number of hydrogen-bond donors (Lipinski definition) is 2. The molecule has 1 aliphatic rings. The molecule has 2 N–H and O–H groups in total. The van der Waals surface area contributed by atoms with Crippen molar-refractivity contribution in [3.8, 4) is 11.1 Å². The Labute approximate surface area is 105 Å². The summed E-state index contributed by atoms with van der Waals surface area (Å²) < 4.78 is 0. The van der Waals surface area contributed by atoms with E-state index in [4.69, 9.17) is 0 Å². The van der Waals surface area contributed by atoms with Gasteiger partial charge in [0.15, 0.2) is 0 Å². The summed E-state index contributed by atoms with van der Waals surface area (Å²) >= 11 is 0. The smallest absolute Gasteiger partial charge is 0.251 e. The molecule has 0 unspecified atom stereocenters. The van der Waals surface area contributed by atoms with Gasteiger partial charge in [0.1, 0.15) is 0 Å². The van der Waals surface area contributed by atoms with Crippen molar-refractivity contribution in [2.24, 2.45) is 0 Å². The van der Waals surface area contributed by atoms with Crippen molar-refractivity contribution in [2.45, 2.75) is 25.8 Å². The summed E-state index contributed by atoms with van der Waals surface area (Å²) in [4.78, 5) is 11.9. The molecule has 2 aromatic rings. The fraction of sp³-hybridized carbons (Fsp3) is 0.286. The molecule has 1 aliphatic carbocycles. The zero-order valence-corrected chi connectivity index (χ0v) is 10.2. The number of aromatic amines is 1. The minimum absolute atomic E-state index is 0.0169. The molecule has 1 amide bonds. The molecule has 1 heterocycles. The zero-order chi connectivity index (χ0) is 12.5. The van der Waals surface area contributed by atoms with E-state index in [-0.39, 0.29) is 5.91 Å². The molecule has 0 aliphatic heterocycles. The Hall–Kier alpha value is -2.10. The first-order valence-corrected chi connectivity index (χ1v) is 6.07. The number of aromatic nitrogens is 2. The van der Waals surface area contributed by atoms with Gasteiger partial charge in [-0.1, -0.05) is 0 Å². The lowest BCUT2D eigenvalue weighted by atomic mass is 10.0.